The minimum Gasteiger partial charge on any atom is -0.550 e. The van der Waals surface area contributed by atoms with Crippen molar-refractivity contribution in [2.24, 2.45) is 11.8 Å². The Morgan fingerprint density at radius 1 is 0.933 bits per heavy atom. The minimum atomic E-state index is -0.956. The normalized spacial score (nSPS) is 12.5. The van der Waals surface area contributed by atoms with Gasteiger partial charge in [0, 0.05) is 11.9 Å². The fourth-order valence-corrected chi connectivity index (χ4v) is 0.333. The molecule has 0 N–H and O–H groups in total. The van der Waals surface area contributed by atoms with E-state index in [0.29, 0.717) is 12.8 Å². The van der Waals surface area contributed by atoms with Crippen molar-refractivity contribution in [1.29, 1.82) is 0 Å². The van der Waals surface area contributed by atoms with Crippen molar-refractivity contribution in [3.63, 3.8) is 0 Å². The van der Waals surface area contributed by atoms with Crippen LogP contribution in [0.2, 0.25) is 0 Å². The first-order valence-corrected chi connectivity index (χ1v) is 4.78. The van der Waals surface area contributed by atoms with Gasteiger partial charge in [-0.1, -0.05) is 27.7 Å². The van der Waals surface area contributed by atoms with Gasteiger partial charge in [-0.25, -0.2) is 0 Å². The molecular weight excluding hydrogens is 207 g/mol. The van der Waals surface area contributed by atoms with Crippen LogP contribution >= 0.6 is 0 Å². The van der Waals surface area contributed by atoms with Crippen molar-refractivity contribution in [2.75, 3.05) is 0 Å². The van der Waals surface area contributed by atoms with Crippen LogP contribution in [0.3, 0.4) is 0 Å². The number of rotatable bonds is 4. The van der Waals surface area contributed by atoms with E-state index in [1.165, 1.54) is 0 Å². The molecule has 84 valence electrons. The standard InChI is InChI=1S/2C5H10O2.Na/c2*1-3-4(2)5(6)7;/h2*4H,3H2,1-2H3,(H,6,7);/q;;+1/p-2. The summed E-state index contributed by atoms with van der Waals surface area (Å²) in [6.07, 6.45) is 1.31. The van der Waals surface area contributed by atoms with Crippen LogP contribution < -0.4 is 39.8 Å². The smallest absolute Gasteiger partial charge is 0.550 e. The Hall–Kier alpha value is -0.0600. The van der Waals surface area contributed by atoms with Gasteiger partial charge in [-0.2, -0.15) is 0 Å². The van der Waals surface area contributed by atoms with E-state index in [-0.39, 0.29) is 41.4 Å². The molecule has 0 spiro atoms. The predicted molar refractivity (Wildman–Crippen MR) is 48.9 cm³/mol. The molecule has 0 aliphatic rings. The first kappa shape index (κ1) is 20.4. The van der Waals surface area contributed by atoms with Gasteiger partial charge in [-0.15, -0.1) is 0 Å². The fraction of sp³-hybridized carbons (Fsp3) is 0.800. The van der Waals surface area contributed by atoms with E-state index in [1.54, 1.807) is 13.8 Å². The summed E-state index contributed by atoms with van der Waals surface area (Å²) in [6, 6.07) is 0. The van der Waals surface area contributed by atoms with Gasteiger partial charge in [0.15, 0.2) is 0 Å². The molecule has 15 heavy (non-hydrogen) atoms. The number of carboxylic acid groups (broad SMARTS) is 2. The van der Waals surface area contributed by atoms with Gasteiger partial charge in [0.05, 0.1) is 0 Å². The van der Waals surface area contributed by atoms with Crippen molar-refractivity contribution >= 4 is 11.9 Å². The fourth-order valence-electron chi connectivity index (χ4n) is 0.333. The molecule has 0 rings (SSSR count). The zero-order valence-electron chi connectivity index (χ0n) is 10.2. The number of hydrogen-bond acceptors (Lipinski definition) is 4. The van der Waals surface area contributed by atoms with Crippen LogP contribution in [-0.4, -0.2) is 11.9 Å². The molecule has 0 saturated heterocycles. The van der Waals surface area contributed by atoms with Gasteiger partial charge in [-0.3, -0.25) is 0 Å². The molecule has 0 aromatic carbocycles. The Labute approximate surface area is 113 Å². The quantitative estimate of drug-likeness (QED) is 0.466. The molecular formula is C10H18NaO4-. The van der Waals surface area contributed by atoms with Crippen molar-refractivity contribution in [3.8, 4) is 0 Å². The largest absolute Gasteiger partial charge is 1.00 e. The molecule has 0 aromatic rings. The molecule has 0 aliphatic carbocycles. The molecule has 2 atom stereocenters. The Balaban J connectivity index is -0.000000180. The van der Waals surface area contributed by atoms with E-state index in [2.05, 4.69) is 0 Å². The Morgan fingerprint density at radius 2 is 1.13 bits per heavy atom. The predicted octanol–water partition coefficient (Wildman–Crippen LogP) is -3.43. The van der Waals surface area contributed by atoms with Crippen LogP contribution in [-0.2, 0) is 9.59 Å². The summed E-state index contributed by atoms with van der Waals surface area (Å²) in [7, 11) is 0. The third kappa shape index (κ3) is 13.9. The van der Waals surface area contributed by atoms with E-state index >= 15 is 0 Å². The van der Waals surface area contributed by atoms with E-state index < -0.39 is 11.9 Å². The topological polar surface area (TPSA) is 80.3 Å². The van der Waals surface area contributed by atoms with Gasteiger partial charge >= 0.3 is 29.6 Å². The first-order valence-electron chi connectivity index (χ1n) is 4.78. The summed E-state index contributed by atoms with van der Waals surface area (Å²) in [5, 5.41) is 19.6. The number of carbonyl (C=O) groups excluding carboxylic acids is 2. The summed E-state index contributed by atoms with van der Waals surface area (Å²) in [5.41, 5.74) is 0. The third-order valence-electron chi connectivity index (χ3n) is 2.03. The second-order valence-electron chi connectivity index (χ2n) is 3.26. The Kier molecular flexibility index (Phi) is 16.3. The molecule has 0 saturated carbocycles. The monoisotopic (exact) mass is 225 g/mol. The van der Waals surface area contributed by atoms with Crippen molar-refractivity contribution < 1.29 is 49.4 Å². The molecule has 0 heterocycles. The summed E-state index contributed by atoms with van der Waals surface area (Å²) in [4.78, 5) is 19.6. The molecule has 0 radical (unpaired) electrons. The number of carboxylic acids is 2. The maximum absolute atomic E-state index is 9.82. The van der Waals surface area contributed by atoms with Gasteiger partial charge in [-0.05, 0) is 24.7 Å². The SMILES string of the molecule is CCC(C)C(=O)[O-].CCC(C)C(=O)[O-].[Na+]. The summed E-state index contributed by atoms with van der Waals surface area (Å²) in [6.45, 7) is 6.91. The molecule has 0 aromatic heterocycles. The number of hydrogen-bond donors (Lipinski definition) is 0. The third-order valence-corrected chi connectivity index (χ3v) is 2.03. The van der Waals surface area contributed by atoms with Gasteiger partial charge < -0.3 is 19.8 Å². The van der Waals surface area contributed by atoms with Crippen LogP contribution in [0.5, 0.6) is 0 Å². The first-order chi connectivity index (χ1) is 6.36. The van der Waals surface area contributed by atoms with Crippen molar-refractivity contribution in [2.45, 2.75) is 40.5 Å². The maximum Gasteiger partial charge on any atom is 1.00 e. The van der Waals surface area contributed by atoms with Gasteiger partial charge in [0.2, 0.25) is 0 Å². The van der Waals surface area contributed by atoms with Gasteiger partial charge in [0.25, 0.3) is 0 Å². The zero-order valence-corrected chi connectivity index (χ0v) is 12.2. The summed E-state index contributed by atoms with van der Waals surface area (Å²) >= 11 is 0. The second kappa shape index (κ2) is 12.0. The second-order valence-corrected chi connectivity index (χ2v) is 3.26. The van der Waals surface area contributed by atoms with Crippen LogP contribution in [0.1, 0.15) is 40.5 Å². The zero-order chi connectivity index (χ0) is 11.7. The Bertz CT molecular complexity index is 162. The maximum atomic E-state index is 9.82. The van der Waals surface area contributed by atoms with Crippen LogP contribution in [0.4, 0.5) is 0 Å². The van der Waals surface area contributed by atoms with E-state index in [9.17, 15) is 19.8 Å². The molecule has 0 aliphatic heterocycles. The number of carbonyl (C=O) groups is 2. The molecule has 0 bridgehead atoms. The molecule has 4 nitrogen and oxygen atoms in total. The summed E-state index contributed by atoms with van der Waals surface area (Å²) < 4.78 is 0. The van der Waals surface area contributed by atoms with Crippen molar-refractivity contribution in [3.05, 3.63) is 0 Å². The molecule has 2 unspecified atom stereocenters. The van der Waals surface area contributed by atoms with E-state index in [0.717, 1.165) is 0 Å². The average molecular weight is 225 g/mol. The average Bonchev–Trinajstić information content (AvgIpc) is 2.15. The van der Waals surface area contributed by atoms with Crippen LogP contribution in [0.25, 0.3) is 0 Å². The van der Waals surface area contributed by atoms with Crippen LogP contribution in [0.15, 0.2) is 0 Å². The molecule has 5 heteroatoms. The molecule has 0 amide bonds. The van der Waals surface area contributed by atoms with Crippen LogP contribution in [0, 0.1) is 11.8 Å². The van der Waals surface area contributed by atoms with E-state index in [1.807, 2.05) is 13.8 Å². The van der Waals surface area contributed by atoms with E-state index in [4.69, 9.17) is 0 Å². The number of aliphatic carboxylic acids is 2. The Morgan fingerprint density at radius 3 is 1.13 bits per heavy atom. The molecule has 0 fully saturated rings. The minimum absolute atomic E-state index is 0. The van der Waals surface area contributed by atoms with Crippen molar-refractivity contribution in [1.82, 2.24) is 0 Å². The summed E-state index contributed by atoms with van der Waals surface area (Å²) in [5.74, 6) is -2.50. The van der Waals surface area contributed by atoms with Gasteiger partial charge in [0.1, 0.15) is 0 Å².